The van der Waals surface area contributed by atoms with E-state index in [2.05, 4.69) is 59.4 Å². The Kier molecular flexibility index (Phi) is 5.63. The highest BCUT2D eigenvalue weighted by atomic mass is 32.2. The first-order chi connectivity index (χ1) is 17.5. The number of pyridine rings is 1. The molecule has 36 heavy (non-hydrogen) atoms. The van der Waals surface area contributed by atoms with Crippen molar-refractivity contribution < 1.29 is 9.90 Å². The van der Waals surface area contributed by atoms with Gasteiger partial charge < -0.3 is 5.11 Å². The molecule has 0 amide bonds. The van der Waals surface area contributed by atoms with Gasteiger partial charge in [0.25, 0.3) is 0 Å². The normalized spacial score (nSPS) is 16.7. The summed E-state index contributed by atoms with van der Waals surface area (Å²) in [6.45, 7) is 2.07. The molecule has 5 aromatic rings. The fourth-order valence-electron chi connectivity index (χ4n) is 4.76. The van der Waals surface area contributed by atoms with E-state index in [0.717, 1.165) is 43.9 Å². The maximum Gasteiger partial charge on any atom is 0.307 e. The minimum Gasteiger partial charge on any atom is -0.481 e. The summed E-state index contributed by atoms with van der Waals surface area (Å²) in [4.78, 5) is 18.0. The Bertz CT molecular complexity index is 1660. The molecule has 5 nitrogen and oxygen atoms in total. The summed E-state index contributed by atoms with van der Waals surface area (Å²) in [5, 5.41) is 22.3. The van der Waals surface area contributed by atoms with Crippen molar-refractivity contribution in [1.29, 1.82) is 5.26 Å². The number of hydrogen-bond acceptors (Lipinski definition) is 5. The molecule has 0 spiro atoms. The number of carbonyl (C=O) groups is 1. The summed E-state index contributed by atoms with van der Waals surface area (Å²) in [5.74, 6) is -1.03. The molecule has 2 unspecified atom stereocenters. The number of benzene rings is 2. The number of fused-ring (bicyclic) bond motifs is 1. The number of aromatic nitrogens is 2. The van der Waals surface area contributed by atoms with Gasteiger partial charge in [0.2, 0.25) is 0 Å². The van der Waals surface area contributed by atoms with Gasteiger partial charge in [-0.25, -0.2) is 4.98 Å². The fraction of sp³-hybridized carbons (Fsp3) is 0.138. The van der Waals surface area contributed by atoms with Crippen LogP contribution in [-0.4, -0.2) is 20.0 Å². The van der Waals surface area contributed by atoms with Gasteiger partial charge in [0.1, 0.15) is 10.9 Å². The molecule has 1 fully saturated rings. The van der Waals surface area contributed by atoms with Crippen LogP contribution in [0.4, 0.5) is 0 Å². The lowest BCUT2D eigenvalue weighted by Gasteiger charge is -2.13. The molecule has 2 atom stereocenters. The number of rotatable bonds is 6. The summed E-state index contributed by atoms with van der Waals surface area (Å²) < 4.78 is 2.15. The van der Waals surface area contributed by atoms with Crippen LogP contribution in [0, 0.1) is 24.2 Å². The van der Waals surface area contributed by atoms with Crippen LogP contribution in [0.2, 0.25) is 0 Å². The smallest absolute Gasteiger partial charge is 0.307 e. The minimum absolute atomic E-state index is 0.0300. The van der Waals surface area contributed by atoms with Crippen molar-refractivity contribution in [2.45, 2.75) is 24.2 Å². The first-order valence-electron chi connectivity index (χ1n) is 11.6. The second-order valence-corrected chi connectivity index (χ2v) is 10.9. The van der Waals surface area contributed by atoms with Gasteiger partial charge in [-0.1, -0.05) is 35.9 Å². The summed E-state index contributed by atoms with van der Waals surface area (Å²) in [6.07, 6.45) is 2.45. The lowest BCUT2D eigenvalue weighted by molar-refractivity contribution is -0.138. The number of aliphatic carboxylic acids is 1. The van der Waals surface area contributed by atoms with Gasteiger partial charge in [-0.15, -0.1) is 11.3 Å². The van der Waals surface area contributed by atoms with Gasteiger partial charge in [-0.3, -0.25) is 8.77 Å². The molecule has 176 valence electrons. The van der Waals surface area contributed by atoms with Crippen molar-refractivity contribution in [3.8, 4) is 28.5 Å². The molecule has 0 saturated heterocycles. The summed E-state index contributed by atoms with van der Waals surface area (Å²) in [6, 6.07) is 24.9. The monoisotopic (exact) mass is 507 g/mol. The zero-order valence-corrected chi connectivity index (χ0v) is 21.0. The van der Waals surface area contributed by atoms with Crippen LogP contribution in [0.1, 0.15) is 28.3 Å². The first kappa shape index (κ1) is 22.6. The number of aryl methyl sites for hydroxylation is 1. The highest BCUT2D eigenvalue weighted by Gasteiger charge is 2.44. The molecular formula is C29H21N3O2S2. The third-order valence-electron chi connectivity index (χ3n) is 6.64. The van der Waals surface area contributed by atoms with E-state index in [9.17, 15) is 15.2 Å². The predicted octanol–water partition coefficient (Wildman–Crippen LogP) is 7.36. The fourth-order valence-corrected chi connectivity index (χ4v) is 6.44. The van der Waals surface area contributed by atoms with Crippen molar-refractivity contribution in [1.82, 2.24) is 8.96 Å². The van der Waals surface area contributed by atoms with Crippen LogP contribution < -0.4 is 0 Å². The molecule has 6 rings (SSSR count). The molecule has 2 aromatic carbocycles. The quantitative estimate of drug-likeness (QED) is 0.260. The third kappa shape index (κ3) is 3.89. The Morgan fingerprint density at radius 2 is 2.00 bits per heavy atom. The molecule has 0 radical (unpaired) electrons. The highest BCUT2D eigenvalue weighted by Crippen LogP contribution is 2.50. The molecule has 0 aliphatic heterocycles. The van der Waals surface area contributed by atoms with Crippen molar-refractivity contribution in [3.05, 3.63) is 94.3 Å². The number of carboxylic acids is 1. The van der Waals surface area contributed by atoms with E-state index < -0.39 is 5.97 Å². The standard InChI is InChI=1S/C29H21N3O2S2/c1-17-7-9-20(10-8-17)36-32-27(19-5-2-4-18(14-19)23-15-24(23)29(33)34)26(21-11-13-35-25(21)16-30)22-6-3-12-31-28(22)32/h2-14,23-24H,15H2,1H3,(H,33,34). The number of nitriles is 1. The molecule has 3 aromatic heterocycles. The Balaban J connectivity index is 1.61. The number of nitrogens with zero attached hydrogens (tertiary/aromatic N) is 3. The van der Waals surface area contributed by atoms with E-state index in [4.69, 9.17) is 4.98 Å². The van der Waals surface area contributed by atoms with E-state index >= 15 is 0 Å². The number of thiophene rings is 1. The number of carboxylic acid groups (broad SMARTS) is 1. The predicted molar refractivity (Wildman–Crippen MR) is 144 cm³/mol. The SMILES string of the molecule is Cc1ccc(Sn2c(-c3cccc(C4CC4C(=O)O)c3)c(-c3ccsc3C#N)c3cccnc32)cc1. The van der Waals surface area contributed by atoms with Crippen LogP contribution in [0.3, 0.4) is 0 Å². The maximum absolute atomic E-state index is 11.5. The Morgan fingerprint density at radius 1 is 1.17 bits per heavy atom. The van der Waals surface area contributed by atoms with E-state index in [-0.39, 0.29) is 11.8 Å². The molecule has 7 heteroatoms. The lowest BCUT2D eigenvalue weighted by Crippen LogP contribution is -1.99. The van der Waals surface area contributed by atoms with E-state index in [1.807, 2.05) is 29.6 Å². The summed E-state index contributed by atoms with van der Waals surface area (Å²) in [5.41, 5.74) is 6.84. The average Bonchev–Trinajstić information content (AvgIpc) is 3.47. The Labute approximate surface area is 216 Å². The highest BCUT2D eigenvalue weighted by molar-refractivity contribution is 7.98. The molecule has 1 saturated carbocycles. The Hall–Kier alpha value is -3.86. The molecule has 3 heterocycles. The van der Waals surface area contributed by atoms with Crippen LogP contribution >= 0.6 is 23.3 Å². The molecule has 1 aliphatic rings. The van der Waals surface area contributed by atoms with Gasteiger partial charge in [0, 0.05) is 33.2 Å². The van der Waals surface area contributed by atoms with Gasteiger partial charge >= 0.3 is 5.97 Å². The first-order valence-corrected chi connectivity index (χ1v) is 13.3. The van der Waals surface area contributed by atoms with Crippen LogP contribution in [0.25, 0.3) is 33.4 Å². The minimum atomic E-state index is -0.740. The third-order valence-corrected chi connectivity index (χ3v) is 8.48. The Morgan fingerprint density at radius 3 is 2.75 bits per heavy atom. The zero-order valence-electron chi connectivity index (χ0n) is 19.4. The van der Waals surface area contributed by atoms with Crippen LogP contribution in [0.5, 0.6) is 0 Å². The van der Waals surface area contributed by atoms with Crippen molar-refractivity contribution >= 4 is 40.3 Å². The maximum atomic E-state index is 11.5. The largest absolute Gasteiger partial charge is 0.481 e. The van der Waals surface area contributed by atoms with Crippen LogP contribution in [0.15, 0.2) is 83.2 Å². The van der Waals surface area contributed by atoms with Gasteiger partial charge in [-0.2, -0.15) is 5.26 Å². The summed E-state index contributed by atoms with van der Waals surface area (Å²) in [7, 11) is 0. The average molecular weight is 508 g/mol. The lowest BCUT2D eigenvalue weighted by atomic mass is 9.97. The summed E-state index contributed by atoms with van der Waals surface area (Å²) >= 11 is 3.03. The van der Waals surface area contributed by atoms with Crippen LogP contribution in [-0.2, 0) is 4.79 Å². The number of hydrogen-bond donors (Lipinski definition) is 1. The van der Waals surface area contributed by atoms with Crippen molar-refractivity contribution in [3.63, 3.8) is 0 Å². The topological polar surface area (TPSA) is 78.9 Å². The van der Waals surface area contributed by atoms with Crippen molar-refractivity contribution in [2.75, 3.05) is 0 Å². The molecular weight excluding hydrogens is 486 g/mol. The molecule has 1 aliphatic carbocycles. The molecule has 1 N–H and O–H groups in total. The zero-order chi connectivity index (χ0) is 24.8. The second-order valence-electron chi connectivity index (χ2n) is 8.98. The second kappa shape index (κ2) is 8.98. The van der Waals surface area contributed by atoms with E-state index in [0.29, 0.717) is 11.3 Å². The van der Waals surface area contributed by atoms with Gasteiger partial charge in [0.05, 0.1) is 11.6 Å². The molecule has 0 bridgehead atoms. The van der Waals surface area contributed by atoms with Gasteiger partial charge in [-0.05, 0) is 78.6 Å². The van der Waals surface area contributed by atoms with Crippen molar-refractivity contribution in [2.24, 2.45) is 5.92 Å². The van der Waals surface area contributed by atoms with E-state index in [1.165, 1.54) is 16.9 Å². The van der Waals surface area contributed by atoms with Gasteiger partial charge in [0.15, 0.2) is 5.65 Å². The van der Waals surface area contributed by atoms with E-state index in [1.54, 1.807) is 18.1 Å².